The second-order valence-corrected chi connectivity index (χ2v) is 7.21. The molecule has 1 aromatic rings. The van der Waals surface area contributed by atoms with E-state index in [1.807, 2.05) is 22.8 Å². The van der Waals surface area contributed by atoms with Gasteiger partial charge in [-0.15, -0.1) is 0 Å². The molecule has 2 fully saturated rings. The van der Waals surface area contributed by atoms with Gasteiger partial charge in [0.2, 0.25) is 0 Å². The van der Waals surface area contributed by atoms with Crippen LogP contribution in [0.1, 0.15) is 55.7 Å². The van der Waals surface area contributed by atoms with Crippen molar-refractivity contribution >= 4 is 5.97 Å². The largest absolute Gasteiger partial charge is 0.481 e. The van der Waals surface area contributed by atoms with Crippen molar-refractivity contribution in [3.8, 4) is 0 Å². The van der Waals surface area contributed by atoms with E-state index in [1.165, 1.54) is 6.42 Å². The first kappa shape index (κ1) is 17.3. The maximum Gasteiger partial charge on any atom is 0.303 e. The highest BCUT2D eigenvalue weighted by Crippen LogP contribution is 2.39. The standard InChI is InChI=1S/C17H25F2N3O2/c1-21-10-13(16(20-21)12-3-2-4-12)11-22-7-5-14(9-15(23)24)17(18,19)6-8-22/h10,12,14H,2-9,11H2,1H3,(H,23,24). The van der Waals surface area contributed by atoms with Crippen LogP contribution in [0.15, 0.2) is 6.20 Å². The molecule has 0 spiro atoms. The van der Waals surface area contributed by atoms with Crippen LogP contribution in [0, 0.1) is 5.92 Å². The second-order valence-electron chi connectivity index (χ2n) is 7.21. The van der Waals surface area contributed by atoms with Crippen LogP contribution >= 0.6 is 0 Å². The lowest BCUT2D eigenvalue weighted by Crippen LogP contribution is -2.30. The number of carboxylic acids is 1. The van der Waals surface area contributed by atoms with E-state index in [-0.39, 0.29) is 12.8 Å². The number of halogens is 2. The molecule has 1 saturated carbocycles. The summed E-state index contributed by atoms with van der Waals surface area (Å²) in [5.41, 5.74) is 2.24. The Morgan fingerprint density at radius 2 is 2.12 bits per heavy atom. The third-order valence-corrected chi connectivity index (χ3v) is 5.40. The molecule has 7 heteroatoms. The SMILES string of the molecule is Cn1cc(CN2CCC(CC(=O)O)C(F)(F)CC2)c(C2CCC2)n1. The number of aryl methyl sites for hydroxylation is 1. The van der Waals surface area contributed by atoms with Crippen molar-refractivity contribution < 1.29 is 18.7 Å². The number of rotatable bonds is 5. The van der Waals surface area contributed by atoms with Crippen molar-refractivity contribution in [2.75, 3.05) is 13.1 Å². The predicted molar refractivity (Wildman–Crippen MR) is 85.0 cm³/mol. The number of carboxylic acid groups (broad SMARTS) is 1. The summed E-state index contributed by atoms with van der Waals surface area (Å²) in [7, 11) is 1.89. The van der Waals surface area contributed by atoms with Crippen LogP contribution in [-0.2, 0) is 18.4 Å². The van der Waals surface area contributed by atoms with Gasteiger partial charge in [-0.05, 0) is 25.8 Å². The molecule has 0 amide bonds. The van der Waals surface area contributed by atoms with E-state index in [1.54, 1.807) is 0 Å². The first-order valence-electron chi connectivity index (χ1n) is 8.69. The predicted octanol–water partition coefficient (Wildman–Crippen LogP) is 3.01. The number of hydrogen-bond acceptors (Lipinski definition) is 3. The monoisotopic (exact) mass is 341 g/mol. The molecule has 1 unspecified atom stereocenters. The molecule has 0 aromatic carbocycles. The Morgan fingerprint density at radius 1 is 1.38 bits per heavy atom. The molecule has 24 heavy (non-hydrogen) atoms. The van der Waals surface area contributed by atoms with E-state index in [0.717, 1.165) is 24.1 Å². The zero-order valence-corrected chi connectivity index (χ0v) is 14.0. The summed E-state index contributed by atoms with van der Waals surface area (Å²) in [6.07, 6.45) is 5.02. The van der Waals surface area contributed by atoms with Gasteiger partial charge >= 0.3 is 5.97 Å². The fraction of sp³-hybridized carbons (Fsp3) is 0.765. The van der Waals surface area contributed by atoms with E-state index in [4.69, 9.17) is 5.11 Å². The van der Waals surface area contributed by atoms with E-state index in [9.17, 15) is 13.6 Å². The lowest BCUT2D eigenvalue weighted by Gasteiger charge is -2.26. The fourth-order valence-electron chi connectivity index (χ4n) is 3.74. The van der Waals surface area contributed by atoms with Crippen LogP contribution in [0.25, 0.3) is 0 Å². The van der Waals surface area contributed by atoms with Crippen molar-refractivity contribution in [1.29, 1.82) is 0 Å². The molecule has 1 aromatic heterocycles. The smallest absolute Gasteiger partial charge is 0.303 e. The Morgan fingerprint density at radius 3 is 2.75 bits per heavy atom. The highest BCUT2D eigenvalue weighted by Gasteiger charge is 2.42. The van der Waals surface area contributed by atoms with Gasteiger partial charge < -0.3 is 5.11 Å². The topological polar surface area (TPSA) is 58.4 Å². The minimum atomic E-state index is -2.90. The Bertz CT molecular complexity index is 599. The van der Waals surface area contributed by atoms with Crippen LogP contribution in [-0.4, -0.2) is 44.8 Å². The van der Waals surface area contributed by atoms with Gasteiger partial charge in [0.05, 0.1) is 12.1 Å². The third kappa shape index (κ3) is 3.77. The van der Waals surface area contributed by atoms with E-state index >= 15 is 0 Å². The second kappa shape index (κ2) is 6.78. The molecule has 134 valence electrons. The van der Waals surface area contributed by atoms with Gasteiger partial charge in [-0.2, -0.15) is 5.10 Å². The summed E-state index contributed by atoms with van der Waals surface area (Å²) in [4.78, 5) is 12.9. The highest BCUT2D eigenvalue weighted by molar-refractivity contribution is 5.67. The van der Waals surface area contributed by atoms with Crippen LogP contribution in [0.2, 0.25) is 0 Å². The Hall–Kier alpha value is -1.50. The molecule has 0 bridgehead atoms. The first-order chi connectivity index (χ1) is 11.3. The molecule has 5 nitrogen and oxygen atoms in total. The van der Waals surface area contributed by atoms with Crippen LogP contribution in [0.5, 0.6) is 0 Å². The van der Waals surface area contributed by atoms with Crippen molar-refractivity contribution in [2.45, 2.75) is 56.9 Å². The first-order valence-corrected chi connectivity index (χ1v) is 8.69. The summed E-state index contributed by atoms with van der Waals surface area (Å²) in [5, 5.41) is 13.4. The summed E-state index contributed by atoms with van der Waals surface area (Å²) >= 11 is 0. The van der Waals surface area contributed by atoms with Gasteiger partial charge in [0.15, 0.2) is 0 Å². The van der Waals surface area contributed by atoms with Gasteiger partial charge in [-0.25, -0.2) is 8.78 Å². The number of hydrogen-bond donors (Lipinski definition) is 1. The van der Waals surface area contributed by atoms with E-state index < -0.39 is 24.2 Å². The fourth-order valence-corrected chi connectivity index (χ4v) is 3.74. The number of nitrogens with zero attached hydrogens (tertiary/aromatic N) is 3. The van der Waals surface area contributed by atoms with Gasteiger partial charge in [-0.3, -0.25) is 14.4 Å². The number of likely N-dealkylation sites (tertiary alicyclic amines) is 1. The maximum absolute atomic E-state index is 14.2. The quantitative estimate of drug-likeness (QED) is 0.894. The molecule has 2 heterocycles. The lowest BCUT2D eigenvalue weighted by molar-refractivity contribution is -0.143. The summed E-state index contributed by atoms with van der Waals surface area (Å²) < 4.78 is 30.1. The van der Waals surface area contributed by atoms with Crippen LogP contribution in [0.4, 0.5) is 8.78 Å². The molecule has 0 radical (unpaired) electrons. The Labute approximate surface area is 140 Å². The average Bonchev–Trinajstić information content (AvgIpc) is 2.71. The molecular formula is C17H25F2N3O2. The zero-order valence-electron chi connectivity index (χ0n) is 14.0. The molecule has 1 saturated heterocycles. The third-order valence-electron chi connectivity index (χ3n) is 5.40. The van der Waals surface area contributed by atoms with E-state index in [0.29, 0.717) is 25.6 Å². The van der Waals surface area contributed by atoms with Gasteiger partial charge in [0, 0.05) is 50.2 Å². The Kier molecular flexibility index (Phi) is 4.90. The van der Waals surface area contributed by atoms with Crippen molar-refractivity contribution in [3.05, 3.63) is 17.5 Å². The maximum atomic E-state index is 14.2. The normalized spacial score (nSPS) is 25.2. The molecule has 1 aliphatic heterocycles. The summed E-state index contributed by atoms with van der Waals surface area (Å²) in [5.74, 6) is -4.61. The Balaban J connectivity index is 1.67. The highest BCUT2D eigenvalue weighted by atomic mass is 19.3. The van der Waals surface area contributed by atoms with Gasteiger partial charge in [-0.1, -0.05) is 6.42 Å². The molecule has 3 rings (SSSR count). The number of aromatic nitrogens is 2. The minimum Gasteiger partial charge on any atom is -0.481 e. The molecule has 1 aliphatic carbocycles. The number of carbonyl (C=O) groups is 1. The van der Waals surface area contributed by atoms with E-state index in [2.05, 4.69) is 5.10 Å². The molecule has 2 aliphatic rings. The van der Waals surface area contributed by atoms with Gasteiger partial charge in [0.25, 0.3) is 5.92 Å². The minimum absolute atomic E-state index is 0.221. The average molecular weight is 341 g/mol. The summed E-state index contributed by atoms with van der Waals surface area (Å²) in [6.45, 7) is 1.42. The van der Waals surface area contributed by atoms with Gasteiger partial charge in [0.1, 0.15) is 0 Å². The van der Waals surface area contributed by atoms with Crippen LogP contribution in [0.3, 0.4) is 0 Å². The molecule has 1 atom stereocenters. The van der Waals surface area contributed by atoms with Crippen LogP contribution < -0.4 is 0 Å². The lowest BCUT2D eigenvalue weighted by atomic mass is 9.81. The molecule has 1 N–H and O–H groups in total. The molecular weight excluding hydrogens is 316 g/mol. The summed E-state index contributed by atoms with van der Waals surface area (Å²) in [6, 6.07) is 0. The van der Waals surface area contributed by atoms with Crippen molar-refractivity contribution in [1.82, 2.24) is 14.7 Å². The zero-order chi connectivity index (χ0) is 17.3. The number of aliphatic carboxylic acids is 1. The van der Waals surface area contributed by atoms with Crippen molar-refractivity contribution in [2.24, 2.45) is 13.0 Å². The van der Waals surface area contributed by atoms with Crippen molar-refractivity contribution in [3.63, 3.8) is 0 Å². The number of alkyl halides is 2.